The largest absolute Gasteiger partial charge is 0.480 e. The second-order valence-corrected chi connectivity index (χ2v) is 5.10. The SMILES string of the molecule is CSCC[C@](N)(C(=O)O)C1CCNCC1. The molecule has 0 aromatic carbocycles. The van der Waals surface area contributed by atoms with Gasteiger partial charge in [-0.15, -0.1) is 0 Å². The topological polar surface area (TPSA) is 75.4 Å². The Balaban J connectivity index is 2.65. The van der Waals surface area contributed by atoms with Crippen LogP contribution in [0.2, 0.25) is 0 Å². The van der Waals surface area contributed by atoms with Crippen LogP contribution in [0.1, 0.15) is 19.3 Å². The lowest BCUT2D eigenvalue weighted by Crippen LogP contribution is -2.56. The number of carboxylic acid groups (broad SMARTS) is 1. The molecule has 0 bridgehead atoms. The molecule has 4 N–H and O–H groups in total. The van der Waals surface area contributed by atoms with Gasteiger partial charge in [0.1, 0.15) is 5.54 Å². The van der Waals surface area contributed by atoms with E-state index in [4.69, 9.17) is 5.73 Å². The number of carbonyl (C=O) groups is 1. The van der Waals surface area contributed by atoms with Gasteiger partial charge in [-0.1, -0.05) is 0 Å². The Hall–Kier alpha value is -0.260. The van der Waals surface area contributed by atoms with Gasteiger partial charge in [-0.3, -0.25) is 4.79 Å². The van der Waals surface area contributed by atoms with Crippen LogP contribution >= 0.6 is 11.8 Å². The molecule has 0 aromatic heterocycles. The summed E-state index contributed by atoms with van der Waals surface area (Å²) in [4.78, 5) is 11.3. The fourth-order valence-electron chi connectivity index (χ4n) is 2.09. The molecule has 0 unspecified atom stereocenters. The lowest BCUT2D eigenvalue weighted by Gasteiger charge is -2.36. The highest BCUT2D eigenvalue weighted by Crippen LogP contribution is 2.28. The van der Waals surface area contributed by atoms with Crippen LogP contribution in [0.5, 0.6) is 0 Å². The van der Waals surface area contributed by atoms with Crippen LogP contribution < -0.4 is 11.1 Å². The van der Waals surface area contributed by atoms with Gasteiger partial charge >= 0.3 is 5.97 Å². The maximum Gasteiger partial charge on any atom is 0.323 e. The van der Waals surface area contributed by atoms with Crippen molar-refractivity contribution < 1.29 is 9.90 Å². The van der Waals surface area contributed by atoms with E-state index in [2.05, 4.69) is 5.32 Å². The summed E-state index contributed by atoms with van der Waals surface area (Å²) in [5.74, 6) is 0.0825. The third kappa shape index (κ3) is 3.09. The first-order chi connectivity index (χ1) is 7.11. The second kappa shape index (κ2) is 5.72. The summed E-state index contributed by atoms with van der Waals surface area (Å²) in [6.07, 6.45) is 4.28. The van der Waals surface area contributed by atoms with Crippen molar-refractivity contribution in [3.8, 4) is 0 Å². The summed E-state index contributed by atoms with van der Waals surface area (Å²) in [7, 11) is 0. The van der Waals surface area contributed by atoms with Gasteiger partial charge in [0.15, 0.2) is 0 Å². The Bertz CT molecular complexity index is 219. The maximum absolute atomic E-state index is 11.3. The monoisotopic (exact) mass is 232 g/mol. The molecule has 0 aliphatic carbocycles. The van der Waals surface area contributed by atoms with Crippen molar-refractivity contribution in [1.82, 2.24) is 5.32 Å². The van der Waals surface area contributed by atoms with E-state index in [1.54, 1.807) is 11.8 Å². The summed E-state index contributed by atoms with van der Waals surface area (Å²) >= 11 is 1.65. The van der Waals surface area contributed by atoms with Crippen molar-refractivity contribution in [2.75, 3.05) is 25.1 Å². The minimum Gasteiger partial charge on any atom is -0.480 e. The minimum atomic E-state index is -1.02. The molecule has 1 rings (SSSR count). The highest BCUT2D eigenvalue weighted by Gasteiger charge is 2.41. The highest BCUT2D eigenvalue weighted by molar-refractivity contribution is 7.98. The maximum atomic E-state index is 11.3. The van der Waals surface area contributed by atoms with Crippen LogP contribution in [0.25, 0.3) is 0 Å². The van der Waals surface area contributed by atoms with Crippen LogP contribution in [0.15, 0.2) is 0 Å². The van der Waals surface area contributed by atoms with Crippen LogP contribution in [0.3, 0.4) is 0 Å². The molecule has 1 heterocycles. The predicted octanol–water partition coefficient (Wildman–Crippen LogP) is 0.521. The van der Waals surface area contributed by atoms with Crippen molar-refractivity contribution in [3.05, 3.63) is 0 Å². The molecule has 88 valence electrons. The van der Waals surface area contributed by atoms with E-state index in [0.717, 1.165) is 31.7 Å². The molecular weight excluding hydrogens is 212 g/mol. The molecule has 0 spiro atoms. The number of thioether (sulfide) groups is 1. The zero-order chi connectivity index (χ0) is 11.3. The third-order valence-electron chi connectivity index (χ3n) is 3.19. The summed E-state index contributed by atoms with van der Waals surface area (Å²) < 4.78 is 0. The quantitative estimate of drug-likeness (QED) is 0.644. The van der Waals surface area contributed by atoms with Crippen LogP contribution in [-0.4, -0.2) is 41.7 Å². The number of hydrogen-bond donors (Lipinski definition) is 3. The third-order valence-corrected chi connectivity index (χ3v) is 3.80. The standard InChI is InChI=1S/C10H20N2O2S/c1-15-7-4-10(11,9(13)14)8-2-5-12-6-3-8/h8,12H,2-7,11H2,1H3,(H,13,14)/t10-/m1/s1. The normalized spacial score (nSPS) is 22.3. The molecule has 1 atom stereocenters. The molecule has 0 radical (unpaired) electrons. The van der Waals surface area contributed by atoms with Crippen molar-refractivity contribution in [3.63, 3.8) is 0 Å². The van der Waals surface area contributed by atoms with Crippen molar-refractivity contribution in [1.29, 1.82) is 0 Å². The minimum absolute atomic E-state index is 0.114. The number of hydrogen-bond acceptors (Lipinski definition) is 4. The van der Waals surface area contributed by atoms with Gasteiger partial charge in [0, 0.05) is 0 Å². The first-order valence-corrected chi connectivity index (χ1v) is 6.72. The average molecular weight is 232 g/mol. The van der Waals surface area contributed by atoms with Gasteiger partial charge in [-0.25, -0.2) is 0 Å². The van der Waals surface area contributed by atoms with Crippen LogP contribution in [-0.2, 0) is 4.79 Å². The molecule has 0 aromatic rings. The first-order valence-electron chi connectivity index (χ1n) is 5.33. The van der Waals surface area contributed by atoms with E-state index in [-0.39, 0.29) is 5.92 Å². The Kier molecular flexibility index (Phi) is 4.89. The number of piperidine rings is 1. The van der Waals surface area contributed by atoms with Gasteiger partial charge in [0.05, 0.1) is 0 Å². The zero-order valence-corrected chi connectivity index (χ0v) is 9.98. The Morgan fingerprint density at radius 3 is 2.67 bits per heavy atom. The Morgan fingerprint density at radius 2 is 2.20 bits per heavy atom. The number of nitrogens with one attached hydrogen (secondary N) is 1. The zero-order valence-electron chi connectivity index (χ0n) is 9.16. The summed E-state index contributed by atoms with van der Waals surface area (Å²) in [6, 6.07) is 0. The summed E-state index contributed by atoms with van der Waals surface area (Å²) in [5.41, 5.74) is 5.04. The smallest absolute Gasteiger partial charge is 0.323 e. The van der Waals surface area contributed by atoms with Gasteiger partial charge in [-0.05, 0) is 50.3 Å². The van der Waals surface area contributed by atoms with E-state index < -0.39 is 11.5 Å². The summed E-state index contributed by atoms with van der Waals surface area (Å²) in [5, 5.41) is 12.5. The van der Waals surface area contributed by atoms with E-state index in [1.807, 2.05) is 6.26 Å². The molecule has 1 fully saturated rings. The molecule has 5 heteroatoms. The van der Waals surface area contributed by atoms with Gasteiger partial charge in [-0.2, -0.15) is 11.8 Å². The van der Waals surface area contributed by atoms with Crippen molar-refractivity contribution in [2.45, 2.75) is 24.8 Å². The van der Waals surface area contributed by atoms with E-state index in [9.17, 15) is 9.90 Å². The van der Waals surface area contributed by atoms with Gasteiger partial charge < -0.3 is 16.2 Å². The Morgan fingerprint density at radius 1 is 1.60 bits per heavy atom. The highest BCUT2D eigenvalue weighted by atomic mass is 32.2. The molecule has 1 saturated heterocycles. The number of nitrogens with two attached hydrogens (primary N) is 1. The Labute approximate surface area is 95.0 Å². The predicted molar refractivity (Wildman–Crippen MR) is 63.1 cm³/mol. The molecular formula is C10H20N2O2S. The molecule has 15 heavy (non-hydrogen) atoms. The van der Waals surface area contributed by atoms with Crippen LogP contribution in [0, 0.1) is 5.92 Å². The lowest BCUT2D eigenvalue weighted by atomic mass is 9.77. The molecule has 1 aliphatic rings. The van der Waals surface area contributed by atoms with Crippen LogP contribution in [0.4, 0.5) is 0 Å². The van der Waals surface area contributed by atoms with Gasteiger partial charge in [0.25, 0.3) is 0 Å². The number of aliphatic carboxylic acids is 1. The fraction of sp³-hybridized carbons (Fsp3) is 0.900. The fourth-order valence-corrected chi connectivity index (χ4v) is 2.64. The second-order valence-electron chi connectivity index (χ2n) is 4.11. The molecule has 1 aliphatic heterocycles. The average Bonchev–Trinajstić information content (AvgIpc) is 2.27. The van der Waals surface area contributed by atoms with Crippen molar-refractivity contribution >= 4 is 17.7 Å². The van der Waals surface area contributed by atoms with E-state index in [1.165, 1.54) is 0 Å². The van der Waals surface area contributed by atoms with E-state index >= 15 is 0 Å². The number of rotatable bonds is 5. The molecule has 0 saturated carbocycles. The summed E-state index contributed by atoms with van der Waals surface area (Å²) in [6.45, 7) is 1.77. The van der Waals surface area contributed by atoms with E-state index in [0.29, 0.717) is 6.42 Å². The molecule has 4 nitrogen and oxygen atoms in total. The number of carboxylic acids is 1. The first kappa shape index (κ1) is 12.8. The van der Waals surface area contributed by atoms with Crippen molar-refractivity contribution in [2.24, 2.45) is 11.7 Å². The van der Waals surface area contributed by atoms with Gasteiger partial charge in [0.2, 0.25) is 0 Å². The molecule has 0 amide bonds. The lowest BCUT2D eigenvalue weighted by molar-refractivity contribution is -0.146.